The van der Waals surface area contributed by atoms with Crippen molar-refractivity contribution < 1.29 is 19.1 Å². The van der Waals surface area contributed by atoms with Crippen molar-refractivity contribution in [1.82, 2.24) is 0 Å². The van der Waals surface area contributed by atoms with Crippen molar-refractivity contribution in [3.8, 4) is 0 Å². The highest BCUT2D eigenvalue weighted by molar-refractivity contribution is 6.12. The molecule has 0 amide bonds. The van der Waals surface area contributed by atoms with Crippen LogP contribution in [0.15, 0.2) is 24.3 Å². The molecule has 0 aromatic heterocycles. The van der Waals surface area contributed by atoms with Gasteiger partial charge in [0.1, 0.15) is 11.2 Å². The quantitative estimate of drug-likeness (QED) is 0.630. The van der Waals surface area contributed by atoms with Gasteiger partial charge < -0.3 is 5.11 Å². The second kappa shape index (κ2) is 3.70. The zero-order valence-electron chi connectivity index (χ0n) is 8.57. The Labute approximate surface area is 91.9 Å². The largest absolute Gasteiger partial charge is 0.480 e. The van der Waals surface area contributed by atoms with Crippen LogP contribution in [0, 0.1) is 11.2 Å². The number of carboxylic acids is 1. The topological polar surface area (TPSA) is 54.4 Å². The Balaban J connectivity index is 2.31. The number of hydrogen-bond donors (Lipinski definition) is 1. The molecule has 4 heteroatoms. The van der Waals surface area contributed by atoms with Crippen LogP contribution in [0.3, 0.4) is 0 Å². The predicted octanol–water partition coefficient (Wildman–Crippen LogP) is 2.26. The summed E-state index contributed by atoms with van der Waals surface area (Å²) < 4.78 is 12.7. The third-order valence-electron chi connectivity index (χ3n) is 3.16. The number of ketones is 1. The lowest BCUT2D eigenvalue weighted by atomic mass is 9.64. The third-order valence-corrected chi connectivity index (χ3v) is 3.16. The molecule has 0 unspecified atom stereocenters. The normalized spacial score (nSPS) is 17.6. The van der Waals surface area contributed by atoms with Crippen molar-refractivity contribution in [3.05, 3.63) is 35.6 Å². The molecule has 1 aromatic carbocycles. The van der Waals surface area contributed by atoms with Crippen LogP contribution < -0.4 is 0 Å². The zero-order chi connectivity index (χ0) is 11.8. The van der Waals surface area contributed by atoms with Gasteiger partial charge in [0, 0.05) is 5.56 Å². The Hall–Kier alpha value is -1.71. The summed E-state index contributed by atoms with van der Waals surface area (Å²) in [7, 11) is 0. The summed E-state index contributed by atoms with van der Waals surface area (Å²) in [5.74, 6) is -1.92. The highest BCUT2D eigenvalue weighted by atomic mass is 19.1. The van der Waals surface area contributed by atoms with E-state index in [1.165, 1.54) is 24.3 Å². The number of hydrogen-bond acceptors (Lipinski definition) is 2. The van der Waals surface area contributed by atoms with E-state index in [9.17, 15) is 14.0 Å². The average molecular weight is 222 g/mol. The number of aliphatic carboxylic acids is 1. The first-order valence-electron chi connectivity index (χ1n) is 5.10. The molecule has 1 N–H and O–H groups in total. The summed E-state index contributed by atoms with van der Waals surface area (Å²) in [5, 5.41) is 9.08. The molecule has 16 heavy (non-hydrogen) atoms. The molecule has 0 saturated heterocycles. The number of halogens is 1. The molecule has 2 rings (SSSR count). The SMILES string of the molecule is O=C(O)C1(C(=O)c2ccc(F)cc2)CCC1. The Kier molecular flexibility index (Phi) is 2.50. The van der Waals surface area contributed by atoms with Crippen LogP contribution in [-0.4, -0.2) is 16.9 Å². The van der Waals surface area contributed by atoms with Crippen LogP contribution in [0.5, 0.6) is 0 Å². The van der Waals surface area contributed by atoms with E-state index in [1.807, 2.05) is 0 Å². The molecule has 1 fully saturated rings. The van der Waals surface area contributed by atoms with E-state index in [4.69, 9.17) is 5.11 Å². The van der Waals surface area contributed by atoms with Gasteiger partial charge >= 0.3 is 5.97 Å². The summed E-state index contributed by atoms with van der Waals surface area (Å²) >= 11 is 0. The number of carbonyl (C=O) groups excluding carboxylic acids is 1. The summed E-state index contributed by atoms with van der Waals surface area (Å²) in [6.07, 6.45) is 1.50. The van der Waals surface area contributed by atoms with Crippen molar-refractivity contribution in [2.24, 2.45) is 5.41 Å². The van der Waals surface area contributed by atoms with Crippen molar-refractivity contribution in [3.63, 3.8) is 0 Å². The lowest BCUT2D eigenvalue weighted by molar-refractivity contribution is -0.150. The third kappa shape index (κ3) is 1.50. The second-order valence-corrected chi connectivity index (χ2v) is 4.08. The van der Waals surface area contributed by atoms with Gasteiger partial charge in [0.2, 0.25) is 0 Å². The molecule has 1 aliphatic rings. The maximum atomic E-state index is 12.7. The van der Waals surface area contributed by atoms with E-state index in [0.29, 0.717) is 12.8 Å². The minimum Gasteiger partial charge on any atom is -0.480 e. The molecule has 1 aromatic rings. The van der Waals surface area contributed by atoms with Crippen molar-refractivity contribution in [2.75, 3.05) is 0 Å². The molecule has 3 nitrogen and oxygen atoms in total. The van der Waals surface area contributed by atoms with Gasteiger partial charge in [-0.25, -0.2) is 4.39 Å². The Morgan fingerprint density at radius 1 is 1.19 bits per heavy atom. The molecule has 0 atom stereocenters. The Morgan fingerprint density at radius 3 is 2.12 bits per heavy atom. The first-order chi connectivity index (χ1) is 7.56. The number of carbonyl (C=O) groups is 2. The summed E-state index contributed by atoms with van der Waals surface area (Å²) in [6.45, 7) is 0. The van der Waals surface area contributed by atoms with E-state index in [1.54, 1.807) is 0 Å². The highest BCUT2D eigenvalue weighted by Crippen LogP contribution is 2.43. The van der Waals surface area contributed by atoms with E-state index in [2.05, 4.69) is 0 Å². The number of benzene rings is 1. The molecule has 1 saturated carbocycles. The summed E-state index contributed by atoms with van der Waals surface area (Å²) in [4.78, 5) is 23.1. The molecule has 0 spiro atoms. The van der Waals surface area contributed by atoms with Crippen LogP contribution in [0.1, 0.15) is 29.6 Å². The number of Topliss-reactive ketones (excluding diaryl/α,β-unsaturated/α-hetero) is 1. The fraction of sp³-hybridized carbons (Fsp3) is 0.333. The lowest BCUT2D eigenvalue weighted by Gasteiger charge is -2.35. The molecule has 0 radical (unpaired) electrons. The van der Waals surface area contributed by atoms with Crippen LogP contribution in [0.2, 0.25) is 0 Å². The van der Waals surface area contributed by atoms with E-state index >= 15 is 0 Å². The monoisotopic (exact) mass is 222 g/mol. The van der Waals surface area contributed by atoms with Gasteiger partial charge in [0.25, 0.3) is 0 Å². The fourth-order valence-corrected chi connectivity index (χ4v) is 1.95. The van der Waals surface area contributed by atoms with E-state index in [0.717, 1.165) is 6.42 Å². The van der Waals surface area contributed by atoms with Gasteiger partial charge in [-0.15, -0.1) is 0 Å². The van der Waals surface area contributed by atoms with E-state index < -0.39 is 23.0 Å². The van der Waals surface area contributed by atoms with Crippen LogP contribution in [-0.2, 0) is 4.79 Å². The van der Waals surface area contributed by atoms with Crippen molar-refractivity contribution in [1.29, 1.82) is 0 Å². The maximum absolute atomic E-state index is 12.7. The van der Waals surface area contributed by atoms with Gasteiger partial charge in [0.05, 0.1) is 0 Å². The first kappa shape index (κ1) is 10.8. The number of rotatable bonds is 3. The molecule has 1 aliphatic carbocycles. The standard InChI is InChI=1S/C12H11FO3/c13-9-4-2-8(3-5-9)10(14)12(11(15)16)6-1-7-12/h2-5H,1,6-7H2,(H,15,16). The molecular weight excluding hydrogens is 211 g/mol. The van der Waals surface area contributed by atoms with Crippen LogP contribution >= 0.6 is 0 Å². The van der Waals surface area contributed by atoms with Gasteiger partial charge in [-0.05, 0) is 37.1 Å². The fourth-order valence-electron chi connectivity index (χ4n) is 1.95. The Bertz CT molecular complexity index is 432. The minimum absolute atomic E-state index is 0.267. The Morgan fingerprint density at radius 2 is 1.75 bits per heavy atom. The molecule has 84 valence electrons. The smallest absolute Gasteiger partial charge is 0.317 e. The maximum Gasteiger partial charge on any atom is 0.317 e. The minimum atomic E-state index is -1.27. The van der Waals surface area contributed by atoms with Crippen LogP contribution in [0.4, 0.5) is 4.39 Å². The summed E-state index contributed by atoms with van der Waals surface area (Å²) in [6, 6.07) is 5.00. The van der Waals surface area contributed by atoms with Gasteiger partial charge in [-0.3, -0.25) is 9.59 Å². The number of carboxylic acid groups (broad SMARTS) is 1. The lowest BCUT2D eigenvalue weighted by Crippen LogP contribution is -2.45. The molecule has 0 heterocycles. The van der Waals surface area contributed by atoms with Crippen LogP contribution in [0.25, 0.3) is 0 Å². The summed E-state index contributed by atoms with van der Waals surface area (Å²) in [5.41, 5.74) is -0.999. The second-order valence-electron chi connectivity index (χ2n) is 4.08. The van der Waals surface area contributed by atoms with Crippen molar-refractivity contribution in [2.45, 2.75) is 19.3 Å². The highest BCUT2D eigenvalue weighted by Gasteiger charge is 2.51. The predicted molar refractivity (Wildman–Crippen MR) is 54.7 cm³/mol. The molecule has 0 aliphatic heterocycles. The first-order valence-corrected chi connectivity index (χ1v) is 5.10. The van der Waals surface area contributed by atoms with E-state index in [-0.39, 0.29) is 5.56 Å². The average Bonchev–Trinajstić information content (AvgIpc) is 2.16. The molecule has 0 bridgehead atoms. The van der Waals surface area contributed by atoms with Gasteiger partial charge in [0.15, 0.2) is 5.78 Å². The zero-order valence-corrected chi connectivity index (χ0v) is 8.57. The van der Waals surface area contributed by atoms with Crippen molar-refractivity contribution >= 4 is 11.8 Å². The molecular formula is C12H11FO3. The van der Waals surface area contributed by atoms with Gasteiger partial charge in [-0.2, -0.15) is 0 Å². The van der Waals surface area contributed by atoms with Gasteiger partial charge in [-0.1, -0.05) is 6.42 Å².